The Morgan fingerprint density at radius 3 is 1.95 bits per heavy atom. The van der Waals surface area contributed by atoms with Crippen molar-refractivity contribution in [3.8, 4) is 22.6 Å². The van der Waals surface area contributed by atoms with Crippen molar-refractivity contribution in [2.45, 2.75) is 13.8 Å². The molecule has 0 saturated carbocycles. The van der Waals surface area contributed by atoms with Gasteiger partial charge in [0.2, 0.25) is 0 Å². The summed E-state index contributed by atoms with van der Waals surface area (Å²) in [7, 11) is 3.09. The number of carbonyl (C=O) groups excluding carboxylic acids is 2. The largest absolute Gasteiger partial charge is 0.493 e. The highest BCUT2D eigenvalue weighted by atomic mass is 16.5. The normalized spacial score (nSPS) is 10.3. The number of hydrogen-bond donors (Lipinski definition) is 4. The van der Waals surface area contributed by atoms with E-state index in [1.165, 1.54) is 7.11 Å². The summed E-state index contributed by atoms with van der Waals surface area (Å²) in [6.07, 6.45) is 0. The first-order chi connectivity index (χ1) is 18.4. The van der Waals surface area contributed by atoms with Gasteiger partial charge in [-0.2, -0.15) is 0 Å². The number of urea groups is 2. The monoisotopic (exact) mass is 510 g/mol. The van der Waals surface area contributed by atoms with Crippen LogP contribution in [0.3, 0.4) is 0 Å². The van der Waals surface area contributed by atoms with Crippen LogP contribution in [0.2, 0.25) is 0 Å². The molecular weight excluding hydrogens is 480 g/mol. The fourth-order valence-corrected chi connectivity index (χ4v) is 3.89. The van der Waals surface area contributed by atoms with Gasteiger partial charge >= 0.3 is 12.1 Å². The first kappa shape index (κ1) is 26.1. The van der Waals surface area contributed by atoms with Crippen LogP contribution in [0, 0.1) is 13.8 Å². The molecule has 0 saturated heterocycles. The van der Waals surface area contributed by atoms with Crippen LogP contribution in [0.25, 0.3) is 11.1 Å². The Kier molecular flexibility index (Phi) is 8.13. The van der Waals surface area contributed by atoms with Gasteiger partial charge in [-0.15, -0.1) is 0 Å². The third kappa shape index (κ3) is 6.41. The molecule has 0 heterocycles. The van der Waals surface area contributed by atoms with Crippen molar-refractivity contribution in [1.29, 1.82) is 0 Å². The lowest BCUT2D eigenvalue weighted by atomic mass is 10.0. The van der Waals surface area contributed by atoms with Gasteiger partial charge in [-0.1, -0.05) is 48.0 Å². The topological polar surface area (TPSA) is 101 Å². The average molecular weight is 511 g/mol. The van der Waals surface area contributed by atoms with Crippen molar-refractivity contribution < 1.29 is 19.1 Å². The highest BCUT2D eigenvalue weighted by Gasteiger charge is 2.13. The Morgan fingerprint density at radius 2 is 1.24 bits per heavy atom. The number of amides is 4. The van der Waals surface area contributed by atoms with E-state index >= 15 is 0 Å². The Labute approximate surface area is 222 Å². The van der Waals surface area contributed by atoms with E-state index in [0.29, 0.717) is 34.2 Å². The lowest BCUT2D eigenvalue weighted by Gasteiger charge is -2.15. The lowest BCUT2D eigenvalue weighted by molar-refractivity contribution is 0.261. The predicted molar refractivity (Wildman–Crippen MR) is 153 cm³/mol. The van der Waals surface area contributed by atoms with E-state index < -0.39 is 6.03 Å². The van der Waals surface area contributed by atoms with Crippen LogP contribution in [0.4, 0.5) is 32.3 Å². The molecule has 4 aromatic carbocycles. The van der Waals surface area contributed by atoms with Crippen molar-refractivity contribution in [3.63, 3.8) is 0 Å². The number of carbonyl (C=O) groups is 2. The SMILES string of the molecule is COc1ccc(NC(=O)Nc2ccccc2-c2ccc(C)c(NC(=O)Nc3ccc(C)cc3)c2)cc1OC. The maximum Gasteiger partial charge on any atom is 0.323 e. The zero-order valence-electron chi connectivity index (χ0n) is 21.7. The molecule has 0 aliphatic rings. The smallest absolute Gasteiger partial charge is 0.323 e. The van der Waals surface area contributed by atoms with Crippen LogP contribution in [0.5, 0.6) is 11.5 Å². The number of aryl methyl sites for hydroxylation is 2. The summed E-state index contributed by atoms with van der Waals surface area (Å²) < 4.78 is 10.6. The van der Waals surface area contributed by atoms with Gasteiger partial charge in [-0.25, -0.2) is 9.59 Å². The Balaban J connectivity index is 1.50. The maximum absolute atomic E-state index is 12.8. The molecule has 0 radical (unpaired) electrons. The number of benzene rings is 4. The second-order valence-corrected chi connectivity index (χ2v) is 8.67. The van der Waals surface area contributed by atoms with Crippen molar-refractivity contribution in [3.05, 3.63) is 96.1 Å². The molecule has 0 aliphatic heterocycles. The quantitative estimate of drug-likeness (QED) is 0.210. The number of ether oxygens (including phenoxy) is 2. The summed E-state index contributed by atoms with van der Waals surface area (Å²) in [4.78, 5) is 25.5. The molecular formula is C30H30N4O4. The van der Waals surface area contributed by atoms with E-state index in [-0.39, 0.29) is 6.03 Å². The molecule has 0 unspecified atom stereocenters. The highest BCUT2D eigenvalue weighted by Crippen LogP contribution is 2.32. The Morgan fingerprint density at radius 1 is 0.605 bits per heavy atom. The van der Waals surface area contributed by atoms with Crippen molar-refractivity contribution in [2.75, 3.05) is 35.5 Å². The van der Waals surface area contributed by atoms with E-state index in [0.717, 1.165) is 22.3 Å². The molecule has 0 spiro atoms. The van der Waals surface area contributed by atoms with E-state index in [1.54, 1.807) is 25.3 Å². The zero-order valence-corrected chi connectivity index (χ0v) is 21.7. The van der Waals surface area contributed by atoms with E-state index in [1.807, 2.05) is 80.6 Å². The molecule has 4 aromatic rings. The molecule has 38 heavy (non-hydrogen) atoms. The molecule has 0 fully saturated rings. The number of hydrogen-bond acceptors (Lipinski definition) is 4. The summed E-state index contributed by atoms with van der Waals surface area (Å²) in [6, 6.07) is 25.2. The first-order valence-electron chi connectivity index (χ1n) is 12.0. The van der Waals surface area contributed by atoms with Gasteiger partial charge < -0.3 is 30.7 Å². The van der Waals surface area contributed by atoms with Gasteiger partial charge in [0.15, 0.2) is 11.5 Å². The van der Waals surface area contributed by atoms with Crippen molar-refractivity contribution in [2.24, 2.45) is 0 Å². The van der Waals surface area contributed by atoms with Gasteiger partial charge in [0, 0.05) is 28.7 Å². The number of anilines is 4. The highest BCUT2D eigenvalue weighted by molar-refractivity contribution is 6.03. The molecule has 0 aromatic heterocycles. The Hall–Kier alpha value is -4.98. The van der Waals surface area contributed by atoms with Gasteiger partial charge in [-0.05, 0) is 61.4 Å². The molecule has 8 nitrogen and oxygen atoms in total. The number of para-hydroxylation sites is 1. The van der Waals surface area contributed by atoms with Gasteiger partial charge in [0.1, 0.15) is 0 Å². The fourth-order valence-electron chi connectivity index (χ4n) is 3.89. The molecule has 0 bridgehead atoms. The van der Waals surface area contributed by atoms with Crippen LogP contribution in [-0.2, 0) is 0 Å². The fraction of sp³-hybridized carbons (Fsp3) is 0.133. The van der Waals surface area contributed by atoms with Crippen LogP contribution < -0.4 is 30.7 Å². The van der Waals surface area contributed by atoms with Crippen molar-refractivity contribution >= 4 is 34.8 Å². The molecule has 0 atom stereocenters. The summed E-state index contributed by atoms with van der Waals surface area (Å²) in [5.74, 6) is 1.08. The average Bonchev–Trinajstić information content (AvgIpc) is 2.91. The molecule has 194 valence electrons. The summed E-state index contributed by atoms with van der Waals surface area (Å²) in [6.45, 7) is 3.91. The van der Waals surface area contributed by atoms with Gasteiger partial charge in [0.05, 0.1) is 19.9 Å². The minimum Gasteiger partial charge on any atom is -0.493 e. The maximum atomic E-state index is 12.8. The zero-order chi connectivity index (χ0) is 27.1. The predicted octanol–water partition coefficient (Wildman–Crippen LogP) is 7.28. The molecule has 4 N–H and O–H groups in total. The minimum atomic E-state index is -0.410. The van der Waals surface area contributed by atoms with Crippen LogP contribution in [0.1, 0.15) is 11.1 Å². The standard InChI is InChI=1S/C30H30N4O4/c1-19-9-13-22(14-10-19)31-29(35)34-26-17-21(12-11-20(26)2)24-7-5-6-8-25(24)33-30(36)32-23-15-16-27(37-3)28(18-23)38-4/h5-18H,1-4H3,(H2,31,34,35)(H2,32,33,36). The van der Waals surface area contributed by atoms with Crippen LogP contribution in [-0.4, -0.2) is 26.3 Å². The minimum absolute atomic E-state index is 0.338. The number of rotatable bonds is 7. The molecule has 8 heteroatoms. The Bertz CT molecular complexity index is 1450. The van der Waals surface area contributed by atoms with Crippen LogP contribution in [0.15, 0.2) is 84.9 Å². The molecule has 0 aliphatic carbocycles. The van der Waals surface area contributed by atoms with Crippen LogP contribution >= 0.6 is 0 Å². The summed E-state index contributed by atoms with van der Waals surface area (Å²) in [5.41, 5.74) is 6.20. The van der Waals surface area contributed by atoms with E-state index in [4.69, 9.17) is 9.47 Å². The van der Waals surface area contributed by atoms with Gasteiger partial charge in [-0.3, -0.25) is 0 Å². The number of methoxy groups -OCH3 is 2. The summed E-state index contributed by atoms with van der Waals surface area (Å²) in [5, 5.41) is 11.5. The van der Waals surface area contributed by atoms with E-state index in [9.17, 15) is 9.59 Å². The third-order valence-electron chi connectivity index (χ3n) is 5.92. The third-order valence-corrected chi connectivity index (χ3v) is 5.92. The lowest BCUT2D eigenvalue weighted by Crippen LogP contribution is -2.20. The molecule has 4 amide bonds. The second kappa shape index (κ2) is 11.8. The summed E-state index contributed by atoms with van der Waals surface area (Å²) >= 11 is 0. The van der Waals surface area contributed by atoms with Crippen molar-refractivity contribution in [1.82, 2.24) is 0 Å². The van der Waals surface area contributed by atoms with E-state index in [2.05, 4.69) is 21.3 Å². The van der Waals surface area contributed by atoms with Gasteiger partial charge in [0.25, 0.3) is 0 Å². The first-order valence-corrected chi connectivity index (χ1v) is 12.0. The molecule has 4 rings (SSSR count). The second-order valence-electron chi connectivity index (χ2n) is 8.67. The number of nitrogens with one attached hydrogen (secondary N) is 4.